The van der Waals surface area contributed by atoms with Gasteiger partial charge in [0.1, 0.15) is 12.4 Å². The van der Waals surface area contributed by atoms with Crippen molar-refractivity contribution in [1.29, 1.82) is 5.26 Å². The van der Waals surface area contributed by atoms with E-state index >= 15 is 0 Å². The third-order valence-corrected chi connectivity index (χ3v) is 1.45. The minimum Gasteiger partial charge on any atom is -0.396 e. The molecule has 7 nitrogen and oxygen atoms in total. The maximum absolute atomic E-state index is 8.49. The first-order valence-electron chi connectivity index (χ1n) is 3.69. The van der Waals surface area contributed by atoms with Crippen molar-refractivity contribution in [2.75, 3.05) is 5.73 Å². The van der Waals surface area contributed by atoms with Gasteiger partial charge in [0.25, 0.3) is 11.8 Å². The molecule has 0 aliphatic rings. The molecule has 0 aliphatic carbocycles. The van der Waals surface area contributed by atoms with E-state index in [1.165, 1.54) is 23.4 Å². The molecule has 2 N–H and O–H groups in total. The molecule has 68 valence electrons. The Morgan fingerprint density at radius 1 is 1.29 bits per heavy atom. The summed E-state index contributed by atoms with van der Waals surface area (Å²) in [6, 6.07) is 1.81. The lowest BCUT2D eigenvalue weighted by atomic mass is 10.6. The SMILES string of the molecule is N#Cc1ncn(-c2ncc(N)cn2)n1. The zero-order valence-electron chi connectivity index (χ0n) is 6.99. The molecule has 14 heavy (non-hydrogen) atoms. The summed E-state index contributed by atoms with van der Waals surface area (Å²) in [5.41, 5.74) is 5.88. The number of hydrogen-bond acceptors (Lipinski definition) is 6. The van der Waals surface area contributed by atoms with E-state index < -0.39 is 0 Å². The van der Waals surface area contributed by atoms with Gasteiger partial charge in [-0.1, -0.05) is 0 Å². The zero-order chi connectivity index (χ0) is 9.97. The Bertz CT molecular complexity index is 477. The third kappa shape index (κ3) is 1.36. The first-order chi connectivity index (χ1) is 6.79. The van der Waals surface area contributed by atoms with E-state index in [9.17, 15) is 0 Å². The second-order valence-electron chi connectivity index (χ2n) is 2.44. The Balaban J connectivity index is 2.40. The zero-order valence-corrected chi connectivity index (χ0v) is 6.99. The average Bonchev–Trinajstić information content (AvgIpc) is 2.67. The molecule has 0 atom stereocenters. The number of nitrogens with zero attached hydrogens (tertiary/aromatic N) is 6. The summed E-state index contributed by atoms with van der Waals surface area (Å²) in [6.45, 7) is 0. The first kappa shape index (κ1) is 8.12. The standard InChI is InChI=1S/C7H5N7/c8-1-6-12-4-14(13-6)7-10-2-5(9)3-11-7/h2-4H,9H2. The summed E-state index contributed by atoms with van der Waals surface area (Å²) >= 11 is 0. The fraction of sp³-hybridized carbons (Fsp3) is 0. The van der Waals surface area contributed by atoms with Crippen molar-refractivity contribution >= 4 is 5.69 Å². The highest BCUT2D eigenvalue weighted by Crippen LogP contribution is 2.00. The molecule has 7 heteroatoms. The fourth-order valence-corrected chi connectivity index (χ4v) is 0.860. The fourth-order valence-electron chi connectivity index (χ4n) is 0.860. The normalized spacial score (nSPS) is 9.64. The van der Waals surface area contributed by atoms with Crippen molar-refractivity contribution in [3.05, 3.63) is 24.5 Å². The van der Waals surface area contributed by atoms with Gasteiger partial charge in [0.2, 0.25) is 0 Å². The second-order valence-corrected chi connectivity index (χ2v) is 2.44. The van der Waals surface area contributed by atoms with Crippen molar-refractivity contribution in [2.45, 2.75) is 0 Å². The molecule has 2 heterocycles. The third-order valence-electron chi connectivity index (χ3n) is 1.45. The largest absolute Gasteiger partial charge is 0.396 e. The molecule has 0 amide bonds. The van der Waals surface area contributed by atoms with Crippen molar-refractivity contribution in [3.8, 4) is 12.0 Å². The van der Waals surface area contributed by atoms with Crippen LogP contribution in [0.4, 0.5) is 5.69 Å². The predicted molar refractivity (Wildman–Crippen MR) is 46.1 cm³/mol. The second kappa shape index (κ2) is 3.10. The number of nitrogen functional groups attached to an aromatic ring is 1. The number of nitriles is 1. The van der Waals surface area contributed by atoms with Gasteiger partial charge >= 0.3 is 0 Å². The minimum atomic E-state index is 0.0745. The molecule has 0 aliphatic heterocycles. The Labute approximate surface area is 78.9 Å². The summed E-state index contributed by atoms with van der Waals surface area (Å²) in [4.78, 5) is 11.5. The maximum atomic E-state index is 8.49. The van der Waals surface area contributed by atoms with Crippen LogP contribution in [0, 0.1) is 11.3 Å². The molecule has 0 bridgehead atoms. The molecule has 0 saturated heterocycles. The van der Waals surface area contributed by atoms with Gasteiger partial charge in [-0.25, -0.2) is 15.0 Å². The molecule has 0 aromatic carbocycles. The molecule has 0 saturated carbocycles. The molecule has 0 radical (unpaired) electrons. The summed E-state index contributed by atoms with van der Waals surface area (Å²) in [7, 11) is 0. The van der Waals surface area contributed by atoms with Gasteiger partial charge in [-0.15, -0.1) is 5.10 Å². The molecule has 0 unspecified atom stereocenters. The van der Waals surface area contributed by atoms with Gasteiger partial charge in [-0.3, -0.25) is 0 Å². The van der Waals surface area contributed by atoms with E-state index in [0.717, 1.165) is 0 Å². The quantitative estimate of drug-likeness (QED) is 0.645. The highest BCUT2D eigenvalue weighted by atomic mass is 15.4. The van der Waals surface area contributed by atoms with Gasteiger partial charge in [0.05, 0.1) is 18.1 Å². The first-order valence-corrected chi connectivity index (χ1v) is 3.69. The van der Waals surface area contributed by atoms with E-state index in [0.29, 0.717) is 11.6 Å². The van der Waals surface area contributed by atoms with E-state index in [1.807, 2.05) is 0 Å². The van der Waals surface area contributed by atoms with E-state index in [2.05, 4.69) is 20.1 Å². The molecular formula is C7H5N7. The van der Waals surface area contributed by atoms with Crippen LogP contribution in [0.25, 0.3) is 5.95 Å². The average molecular weight is 187 g/mol. The number of nitrogens with two attached hydrogens (primary N) is 1. The van der Waals surface area contributed by atoms with Crippen LogP contribution in [0.1, 0.15) is 5.82 Å². The van der Waals surface area contributed by atoms with Crippen molar-refractivity contribution < 1.29 is 0 Å². The number of hydrogen-bond donors (Lipinski definition) is 1. The molecule has 2 aromatic rings. The molecule has 2 rings (SSSR count). The van der Waals surface area contributed by atoms with Crippen LogP contribution in [0.15, 0.2) is 18.7 Å². The molecule has 0 spiro atoms. The maximum Gasteiger partial charge on any atom is 0.252 e. The number of aromatic nitrogens is 5. The highest BCUT2D eigenvalue weighted by molar-refractivity contribution is 5.32. The Hall–Kier alpha value is -2.49. The predicted octanol–water partition coefficient (Wildman–Crippen LogP) is -0.489. The van der Waals surface area contributed by atoms with Crippen LogP contribution in [-0.4, -0.2) is 24.7 Å². The van der Waals surface area contributed by atoms with Crippen molar-refractivity contribution in [3.63, 3.8) is 0 Å². The minimum absolute atomic E-state index is 0.0745. The number of anilines is 1. The smallest absolute Gasteiger partial charge is 0.252 e. The van der Waals surface area contributed by atoms with Crippen LogP contribution in [0.5, 0.6) is 0 Å². The Kier molecular flexibility index (Phi) is 1.80. The van der Waals surface area contributed by atoms with E-state index in [4.69, 9.17) is 11.0 Å². The lowest BCUT2D eigenvalue weighted by Gasteiger charge is -1.96. The van der Waals surface area contributed by atoms with E-state index in [1.54, 1.807) is 6.07 Å². The highest BCUT2D eigenvalue weighted by Gasteiger charge is 2.03. The van der Waals surface area contributed by atoms with Gasteiger partial charge in [0, 0.05) is 0 Å². The molecule has 2 aromatic heterocycles. The van der Waals surface area contributed by atoms with Crippen LogP contribution in [0.2, 0.25) is 0 Å². The van der Waals surface area contributed by atoms with Crippen molar-refractivity contribution in [1.82, 2.24) is 24.7 Å². The van der Waals surface area contributed by atoms with Crippen LogP contribution < -0.4 is 5.73 Å². The van der Waals surface area contributed by atoms with Crippen LogP contribution in [-0.2, 0) is 0 Å². The Morgan fingerprint density at radius 3 is 2.57 bits per heavy atom. The summed E-state index contributed by atoms with van der Waals surface area (Å²) in [5.74, 6) is 0.402. The monoisotopic (exact) mass is 187 g/mol. The van der Waals surface area contributed by atoms with Gasteiger partial charge < -0.3 is 5.73 Å². The molecular weight excluding hydrogens is 182 g/mol. The lowest BCUT2D eigenvalue weighted by Crippen LogP contribution is -2.02. The Morgan fingerprint density at radius 2 is 2.00 bits per heavy atom. The van der Waals surface area contributed by atoms with Crippen molar-refractivity contribution in [2.24, 2.45) is 0 Å². The van der Waals surface area contributed by atoms with Gasteiger partial charge in [-0.05, 0) is 0 Å². The summed E-state index contributed by atoms with van der Waals surface area (Å²) < 4.78 is 1.30. The van der Waals surface area contributed by atoms with Crippen LogP contribution in [0.3, 0.4) is 0 Å². The van der Waals surface area contributed by atoms with Gasteiger partial charge in [0.15, 0.2) is 0 Å². The molecule has 0 fully saturated rings. The topological polar surface area (TPSA) is 106 Å². The summed E-state index contributed by atoms with van der Waals surface area (Å²) in [5, 5.41) is 12.3. The lowest BCUT2D eigenvalue weighted by molar-refractivity contribution is 0.803. The summed E-state index contributed by atoms with van der Waals surface area (Å²) in [6.07, 6.45) is 4.27. The van der Waals surface area contributed by atoms with Gasteiger partial charge in [-0.2, -0.15) is 9.94 Å². The van der Waals surface area contributed by atoms with Crippen LogP contribution >= 0.6 is 0 Å². The number of rotatable bonds is 1. The van der Waals surface area contributed by atoms with E-state index in [-0.39, 0.29) is 5.82 Å².